The highest BCUT2D eigenvalue weighted by Crippen LogP contribution is 2.07. The van der Waals surface area contributed by atoms with Crippen LogP contribution in [0, 0.1) is 0 Å². The van der Waals surface area contributed by atoms with Gasteiger partial charge in [-0.05, 0) is 17.7 Å². The Hall–Kier alpha value is -1.55. The van der Waals surface area contributed by atoms with Crippen LogP contribution in [0.15, 0.2) is 30.1 Å². The van der Waals surface area contributed by atoms with Crippen LogP contribution in [0.25, 0.3) is 0 Å². The zero-order valence-corrected chi connectivity index (χ0v) is 8.62. The molecule has 0 bridgehead atoms. The van der Waals surface area contributed by atoms with Gasteiger partial charge in [0.1, 0.15) is 17.5 Å². The number of halogens is 1. The lowest BCUT2D eigenvalue weighted by molar-refractivity contribution is -0.136. The first kappa shape index (κ1) is 9.98. The smallest absolute Gasteiger partial charge is 0.354 e. The number of esters is 1. The van der Waals surface area contributed by atoms with Crippen molar-refractivity contribution >= 4 is 17.6 Å². The standard InChI is InChI=1S/C10H9ClN2O2/c11-9-2-1-7(6-13-9)5-12-8-3-4-15-10(8)14/h1-3,6,12H,4-5H2. The van der Waals surface area contributed by atoms with E-state index in [4.69, 9.17) is 16.3 Å². The number of ether oxygens (including phenoxy) is 1. The Morgan fingerprint density at radius 3 is 3.00 bits per heavy atom. The van der Waals surface area contributed by atoms with Gasteiger partial charge in [0, 0.05) is 12.7 Å². The number of nitrogens with one attached hydrogen (secondary N) is 1. The Labute approximate surface area is 91.9 Å². The SMILES string of the molecule is O=C1OCC=C1NCc1ccc(Cl)nc1. The number of cyclic esters (lactones) is 1. The summed E-state index contributed by atoms with van der Waals surface area (Å²) < 4.78 is 4.74. The van der Waals surface area contributed by atoms with Crippen molar-refractivity contribution in [2.24, 2.45) is 0 Å². The van der Waals surface area contributed by atoms with Crippen LogP contribution >= 0.6 is 11.6 Å². The van der Waals surface area contributed by atoms with Crippen LogP contribution in [0.2, 0.25) is 5.15 Å². The minimum Gasteiger partial charge on any atom is -0.457 e. The Kier molecular flexibility index (Phi) is 2.87. The van der Waals surface area contributed by atoms with Crippen molar-refractivity contribution in [2.45, 2.75) is 6.54 Å². The summed E-state index contributed by atoms with van der Waals surface area (Å²) >= 11 is 5.65. The highest BCUT2D eigenvalue weighted by Gasteiger charge is 2.15. The normalized spacial score (nSPS) is 14.7. The molecule has 5 heteroatoms. The van der Waals surface area contributed by atoms with Crippen LogP contribution in [0.3, 0.4) is 0 Å². The molecule has 1 aliphatic rings. The molecule has 0 aliphatic carbocycles. The number of carbonyl (C=O) groups is 1. The van der Waals surface area contributed by atoms with E-state index in [1.807, 2.05) is 6.07 Å². The number of hydrogen-bond acceptors (Lipinski definition) is 4. The molecule has 0 radical (unpaired) electrons. The highest BCUT2D eigenvalue weighted by molar-refractivity contribution is 6.29. The van der Waals surface area contributed by atoms with E-state index in [-0.39, 0.29) is 5.97 Å². The molecule has 15 heavy (non-hydrogen) atoms. The Bertz CT molecular complexity index is 400. The molecule has 78 valence electrons. The van der Waals surface area contributed by atoms with Gasteiger partial charge in [-0.3, -0.25) is 0 Å². The molecule has 1 aromatic rings. The van der Waals surface area contributed by atoms with Crippen molar-refractivity contribution in [1.29, 1.82) is 0 Å². The first-order valence-corrected chi connectivity index (χ1v) is 4.85. The first-order valence-electron chi connectivity index (χ1n) is 4.47. The molecule has 0 aromatic carbocycles. The average Bonchev–Trinajstić information content (AvgIpc) is 2.63. The van der Waals surface area contributed by atoms with Crippen LogP contribution in [-0.2, 0) is 16.1 Å². The molecule has 4 nitrogen and oxygen atoms in total. The van der Waals surface area contributed by atoms with Gasteiger partial charge in [-0.1, -0.05) is 17.7 Å². The lowest BCUT2D eigenvalue weighted by atomic mass is 10.3. The van der Waals surface area contributed by atoms with Crippen molar-refractivity contribution in [2.75, 3.05) is 6.61 Å². The lowest BCUT2D eigenvalue weighted by Gasteiger charge is -2.04. The maximum Gasteiger partial charge on any atom is 0.354 e. The van der Waals surface area contributed by atoms with Gasteiger partial charge < -0.3 is 10.1 Å². The minimum absolute atomic E-state index is 0.308. The van der Waals surface area contributed by atoms with Gasteiger partial charge in [-0.15, -0.1) is 0 Å². The van der Waals surface area contributed by atoms with Gasteiger partial charge in [0.05, 0.1) is 0 Å². The lowest BCUT2D eigenvalue weighted by Crippen LogP contribution is -2.17. The third-order valence-corrected chi connectivity index (χ3v) is 2.22. The fourth-order valence-electron chi connectivity index (χ4n) is 1.21. The van der Waals surface area contributed by atoms with Gasteiger partial charge in [0.25, 0.3) is 0 Å². The van der Waals surface area contributed by atoms with Crippen LogP contribution in [0.5, 0.6) is 0 Å². The summed E-state index contributed by atoms with van der Waals surface area (Å²) in [5, 5.41) is 3.43. The fraction of sp³-hybridized carbons (Fsp3) is 0.200. The van der Waals surface area contributed by atoms with E-state index in [2.05, 4.69) is 10.3 Å². The molecule has 0 saturated carbocycles. The number of pyridine rings is 1. The Morgan fingerprint density at radius 1 is 1.53 bits per heavy atom. The minimum atomic E-state index is -0.308. The number of carbonyl (C=O) groups excluding carboxylic acids is 1. The predicted molar refractivity (Wildman–Crippen MR) is 55.1 cm³/mol. The second-order valence-corrected chi connectivity index (χ2v) is 3.45. The van der Waals surface area contributed by atoms with Crippen molar-refractivity contribution < 1.29 is 9.53 Å². The van der Waals surface area contributed by atoms with Gasteiger partial charge in [0.15, 0.2) is 0 Å². The molecule has 2 rings (SSSR count). The summed E-state index contributed by atoms with van der Waals surface area (Å²) in [6, 6.07) is 3.56. The monoisotopic (exact) mass is 224 g/mol. The van der Waals surface area contributed by atoms with E-state index in [1.54, 1.807) is 18.3 Å². The number of hydrogen-bond donors (Lipinski definition) is 1. The number of rotatable bonds is 3. The van der Waals surface area contributed by atoms with E-state index in [1.165, 1.54) is 0 Å². The third-order valence-electron chi connectivity index (χ3n) is 1.99. The summed E-state index contributed by atoms with van der Waals surface area (Å²) in [4.78, 5) is 15.0. The summed E-state index contributed by atoms with van der Waals surface area (Å²) in [6.45, 7) is 0.880. The largest absolute Gasteiger partial charge is 0.457 e. The van der Waals surface area contributed by atoms with Gasteiger partial charge in [-0.25, -0.2) is 9.78 Å². The molecule has 0 amide bonds. The van der Waals surface area contributed by atoms with E-state index < -0.39 is 0 Å². The highest BCUT2D eigenvalue weighted by atomic mass is 35.5. The molecule has 0 atom stereocenters. The zero-order chi connectivity index (χ0) is 10.7. The van der Waals surface area contributed by atoms with E-state index >= 15 is 0 Å². The predicted octanol–water partition coefficient (Wildman–Crippen LogP) is 1.27. The maximum atomic E-state index is 11.1. The molecule has 1 aliphatic heterocycles. The molecule has 0 unspecified atom stereocenters. The quantitative estimate of drug-likeness (QED) is 0.621. The van der Waals surface area contributed by atoms with Crippen LogP contribution < -0.4 is 5.32 Å². The van der Waals surface area contributed by atoms with E-state index in [0.29, 0.717) is 24.0 Å². The second-order valence-electron chi connectivity index (χ2n) is 3.06. The van der Waals surface area contributed by atoms with Crippen LogP contribution in [-0.4, -0.2) is 17.6 Å². The molecule has 0 spiro atoms. The second kappa shape index (κ2) is 4.31. The zero-order valence-electron chi connectivity index (χ0n) is 7.87. The van der Waals surface area contributed by atoms with Crippen LogP contribution in [0.4, 0.5) is 0 Å². The van der Waals surface area contributed by atoms with Crippen molar-refractivity contribution in [3.8, 4) is 0 Å². The van der Waals surface area contributed by atoms with Crippen LogP contribution in [0.1, 0.15) is 5.56 Å². The molecule has 1 aromatic heterocycles. The Morgan fingerprint density at radius 2 is 2.40 bits per heavy atom. The van der Waals surface area contributed by atoms with Crippen molar-refractivity contribution in [3.63, 3.8) is 0 Å². The molecule has 0 saturated heterocycles. The summed E-state index contributed by atoms with van der Waals surface area (Å²) in [6.07, 6.45) is 3.38. The Balaban J connectivity index is 1.93. The third kappa shape index (κ3) is 2.47. The van der Waals surface area contributed by atoms with Gasteiger partial charge >= 0.3 is 5.97 Å². The molecule has 2 heterocycles. The summed E-state index contributed by atoms with van der Waals surface area (Å²) in [5.41, 5.74) is 1.46. The molecule has 0 fully saturated rings. The van der Waals surface area contributed by atoms with Gasteiger partial charge in [0.2, 0.25) is 0 Å². The average molecular weight is 225 g/mol. The topological polar surface area (TPSA) is 51.2 Å². The van der Waals surface area contributed by atoms with Crippen molar-refractivity contribution in [3.05, 3.63) is 40.8 Å². The fourth-order valence-corrected chi connectivity index (χ4v) is 1.33. The van der Waals surface area contributed by atoms with Gasteiger partial charge in [-0.2, -0.15) is 0 Å². The number of nitrogens with zero attached hydrogens (tertiary/aromatic N) is 1. The summed E-state index contributed by atoms with van der Waals surface area (Å²) in [5.74, 6) is -0.308. The van der Waals surface area contributed by atoms with E-state index in [9.17, 15) is 4.79 Å². The maximum absolute atomic E-state index is 11.1. The molecule has 1 N–H and O–H groups in total. The molecular formula is C10H9ClN2O2. The number of aromatic nitrogens is 1. The first-order chi connectivity index (χ1) is 7.25. The summed E-state index contributed by atoms with van der Waals surface area (Å²) in [7, 11) is 0. The van der Waals surface area contributed by atoms with Crippen molar-refractivity contribution in [1.82, 2.24) is 10.3 Å². The van der Waals surface area contributed by atoms with E-state index in [0.717, 1.165) is 5.56 Å². The molecular weight excluding hydrogens is 216 g/mol.